The van der Waals surface area contributed by atoms with Gasteiger partial charge in [-0.1, -0.05) is 72.3 Å². The normalized spacial score (nSPS) is 10.7. The molecule has 3 aromatic carbocycles. The van der Waals surface area contributed by atoms with Crippen LogP contribution in [0.15, 0.2) is 84.0 Å². The third-order valence-electron chi connectivity index (χ3n) is 3.86. The van der Waals surface area contributed by atoms with Gasteiger partial charge >= 0.3 is 0 Å². The third-order valence-corrected chi connectivity index (χ3v) is 4.23. The fourth-order valence-electron chi connectivity index (χ4n) is 2.48. The number of nitrogens with one attached hydrogen (secondary N) is 1. The molecule has 0 saturated carbocycles. The average molecular weight is 379 g/mol. The van der Waals surface area contributed by atoms with Crippen LogP contribution in [0.4, 0.5) is 0 Å². The number of hydrogen-bond acceptors (Lipinski definition) is 3. The number of halogens is 1. The zero-order valence-electron chi connectivity index (χ0n) is 14.6. The van der Waals surface area contributed by atoms with Crippen molar-refractivity contribution in [1.29, 1.82) is 0 Å². The van der Waals surface area contributed by atoms with Gasteiger partial charge < -0.3 is 4.74 Å². The molecule has 3 rings (SSSR count). The number of carbonyl (C=O) groups excluding carboxylic acids is 1. The molecule has 0 saturated heterocycles. The Morgan fingerprint density at radius 3 is 2.48 bits per heavy atom. The number of rotatable bonds is 7. The summed E-state index contributed by atoms with van der Waals surface area (Å²) in [5, 5.41) is 4.70. The summed E-state index contributed by atoms with van der Waals surface area (Å²) < 4.78 is 5.87. The first-order valence-electron chi connectivity index (χ1n) is 8.53. The van der Waals surface area contributed by atoms with Gasteiger partial charge in [-0.05, 0) is 23.8 Å². The minimum Gasteiger partial charge on any atom is -0.488 e. The van der Waals surface area contributed by atoms with Crippen molar-refractivity contribution < 1.29 is 9.53 Å². The number of hydrazone groups is 1. The lowest BCUT2D eigenvalue weighted by atomic mass is 10.1. The molecule has 0 atom stereocenters. The Morgan fingerprint density at radius 1 is 0.963 bits per heavy atom. The van der Waals surface area contributed by atoms with E-state index in [9.17, 15) is 4.79 Å². The first-order valence-corrected chi connectivity index (χ1v) is 8.91. The van der Waals surface area contributed by atoms with E-state index in [4.69, 9.17) is 16.3 Å². The lowest BCUT2D eigenvalue weighted by Crippen LogP contribution is -2.19. The van der Waals surface area contributed by atoms with Crippen molar-refractivity contribution in [3.8, 4) is 5.75 Å². The zero-order valence-corrected chi connectivity index (χ0v) is 15.4. The zero-order chi connectivity index (χ0) is 18.9. The smallest absolute Gasteiger partial charge is 0.244 e. The molecule has 0 radical (unpaired) electrons. The molecule has 0 aliphatic heterocycles. The molecule has 0 fully saturated rings. The Labute approximate surface area is 163 Å². The number of para-hydroxylation sites is 1. The van der Waals surface area contributed by atoms with Crippen molar-refractivity contribution in [2.45, 2.75) is 13.0 Å². The van der Waals surface area contributed by atoms with Gasteiger partial charge in [0.25, 0.3) is 0 Å². The summed E-state index contributed by atoms with van der Waals surface area (Å²) >= 11 is 6.16. The van der Waals surface area contributed by atoms with E-state index in [2.05, 4.69) is 10.5 Å². The second kappa shape index (κ2) is 9.55. The van der Waals surface area contributed by atoms with Crippen LogP contribution in [0.2, 0.25) is 5.02 Å². The van der Waals surface area contributed by atoms with E-state index in [1.54, 1.807) is 6.21 Å². The largest absolute Gasteiger partial charge is 0.488 e. The molecule has 0 aliphatic rings. The Kier molecular flexibility index (Phi) is 6.61. The number of ether oxygens (including phenoxy) is 1. The molecule has 5 heteroatoms. The van der Waals surface area contributed by atoms with E-state index in [0.717, 1.165) is 16.7 Å². The van der Waals surface area contributed by atoms with Gasteiger partial charge in [0.05, 0.1) is 12.6 Å². The van der Waals surface area contributed by atoms with Crippen molar-refractivity contribution >= 4 is 23.7 Å². The Morgan fingerprint density at radius 2 is 1.67 bits per heavy atom. The van der Waals surface area contributed by atoms with Crippen LogP contribution in [0, 0.1) is 0 Å². The summed E-state index contributed by atoms with van der Waals surface area (Å²) in [6, 6.07) is 24.6. The molecule has 1 amide bonds. The van der Waals surface area contributed by atoms with E-state index in [1.165, 1.54) is 0 Å². The number of hydrogen-bond donors (Lipinski definition) is 1. The fraction of sp³-hybridized carbons (Fsp3) is 0.0909. The van der Waals surface area contributed by atoms with E-state index < -0.39 is 0 Å². The van der Waals surface area contributed by atoms with Crippen molar-refractivity contribution in [1.82, 2.24) is 5.43 Å². The second-order valence-electron chi connectivity index (χ2n) is 5.87. The van der Waals surface area contributed by atoms with Gasteiger partial charge in [-0.25, -0.2) is 5.43 Å². The van der Waals surface area contributed by atoms with Crippen LogP contribution in [0.5, 0.6) is 5.75 Å². The van der Waals surface area contributed by atoms with Crippen LogP contribution in [0.3, 0.4) is 0 Å². The van der Waals surface area contributed by atoms with Gasteiger partial charge in [-0.3, -0.25) is 4.79 Å². The molecule has 0 aromatic heterocycles. The summed E-state index contributed by atoms with van der Waals surface area (Å²) in [5.74, 6) is 0.491. The number of amides is 1. The van der Waals surface area contributed by atoms with E-state index >= 15 is 0 Å². The highest BCUT2D eigenvalue weighted by Crippen LogP contribution is 2.20. The number of nitrogens with zero attached hydrogens (tertiary/aromatic N) is 1. The lowest BCUT2D eigenvalue weighted by molar-refractivity contribution is -0.120. The Balaban J connectivity index is 1.59. The van der Waals surface area contributed by atoms with Crippen molar-refractivity contribution in [3.05, 3.63) is 101 Å². The molecule has 0 spiro atoms. The van der Waals surface area contributed by atoms with Gasteiger partial charge in [0.1, 0.15) is 12.4 Å². The highest BCUT2D eigenvalue weighted by atomic mass is 35.5. The number of carbonyl (C=O) groups is 1. The maximum absolute atomic E-state index is 12.0. The molecule has 0 aliphatic carbocycles. The second-order valence-corrected chi connectivity index (χ2v) is 6.28. The van der Waals surface area contributed by atoms with Crippen LogP contribution in [-0.4, -0.2) is 12.1 Å². The summed E-state index contributed by atoms with van der Waals surface area (Å²) in [6.45, 7) is 0.352. The Bertz CT molecular complexity index is 926. The van der Waals surface area contributed by atoms with E-state index in [1.807, 2.05) is 78.9 Å². The Hall–Kier alpha value is -3.11. The summed E-state index contributed by atoms with van der Waals surface area (Å²) in [5.41, 5.74) is 5.15. The SMILES string of the molecule is O=C(Cc1ccccc1)N/N=C\c1ccccc1OCc1ccccc1Cl. The van der Waals surface area contributed by atoms with Gasteiger partial charge in [-0.15, -0.1) is 0 Å². The molecule has 0 bridgehead atoms. The van der Waals surface area contributed by atoms with Gasteiger partial charge in [0.2, 0.25) is 5.91 Å². The van der Waals surface area contributed by atoms with Crippen molar-refractivity contribution in [2.75, 3.05) is 0 Å². The minimum absolute atomic E-state index is 0.174. The topological polar surface area (TPSA) is 50.7 Å². The summed E-state index contributed by atoms with van der Waals surface area (Å²) in [6.07, 6.45) is 1.85. The maximum Gasteiger partial charge on any atom is 0.244 e. The predicted octanol–water partition coefficient (Wildman–Crippen LogP) is 4.61. The molecular weight excluding hydrogens is 360 g/mol. The van der Waals surface area contributed by atoms with Crippen LogP contribution in [-0.2, 0) is 17.8 Å². The molecular formula is C22H19ClN2O2. The summed E-state index contributed by atoms with van der Waals surface area (Å²) in [7, 11) is 0. The lowest BCUT2D eigenvalue weighted by Gasteiger charge is -2.10. The third kappa shape index (κ3) is 5.69. The predicted molar refractivity (Wildman–Crippen MR) is 108 cm³/mol. The molecule has 0 heterocycles. The first kappa shape index (κ1) is 18.7. The first-order chi connectivity index (χ1) is 13.2. The quantitative estimate of drug-likeness (QED) is 0.482. The number of benzene rings is 3. The minimum atomic E-state index is -0.174. The maximum atomic E-state index is 12.0. The van der Waals surface area contributed by atoms with Crippen LogP contribution >= 0.6 is 11.6 Å². The molecule has 1 N–H and O–H groups in total. The molecule has 27 heavy (non-hydrogen) atoms. The highest BCUT2D eigenvalue weighted by molar-refractivity contribution is 6.31. The van der Waals surface area contributed by atoms with Crippen molar-refractivity contribution in [2.24, 2.45) is 5.10 Å². The van der Waals surface area contributed by atoms with Gasteiger partial charge in [0, 0.05) is 16.1 Å². The van der Waals surface area contributed by atoms with E-state index in [-0.39, 0.29) is 12.3 Å². The standard InChI is InChI=1S/C22H19ClN2O2/c23-20-12-6-4-11-19(20)16-27-21-13-7-5-10-18(21)15-24-25-22(26)14-17-8-2-1-3-9-17/h1-13,15H,14,16H2,(H,25,26)/b24-15-. The van der Waals surface area contributed by atoms with Gasteiger partial charge in [0.15, 0.2) is 0 Å². The molecule has 136 valence electrons. The van der Waals surface area contributed by atoms with Crippen LogP contribution in [0.25, 0.3) is 0 Å². The average Bonchev–Trinajstić information content (AvgIpc) is 2.69. The van der Waals surface area contributed by atoms with Crippen LogP contribution < -0.4 is 10.2 Å². The summed E-state index contributed by atoms with van der Waals surface area (Å²) in [4.78, 5) is 12.0. The molecule has 0 unspecified atom stereocenters. The highest BCUT2D eigenvalue weighted by Gasteiger charge is 2.05. The van der Waals surface area contributed by atoms with E-state index in [0.29, 0.717) is 17.4 Å². The molecule has 3 aromatic rings. The monoisotopic (exact) mass is 378 g/mol. The van der Waals surface area contributed by atoms with Crippen molar-refractivity contribution in [3.63, 3.8) is 0 Å². The fourth-order valence-corrected chi connectivity index (χ4v) is 2.67. The van der Waals surface area contributed by atoms with Crippen LogP contribution in [0.1, 0.15) is 16.7 Å². The van der Waals surface area contributed by atoms with Gasteiger partial charge in [-0.2, -0.15) is 5.10 Å². The molecule has 4 nitrogen and oxygen atoms in total.